The highest BCUT2D eigenvalue weighted by atomic mass is 127. The second kappa shape index (κ2) is 4.80. The van der Waals surface area contributed by atoms with Crippen molar-refractivity contribution in [1.29, 1.82) is 0 Å². The van der Waals surface area contributed by atoms with Crippen molar-refractivity contribution in [2.24, 2.45) is 0 Å². The molecule has 0 saturated carbocycles. The van der Waals surface area contributed by atoms with Gasteiger partial charge < -0.3 is 5.32 Å². The maximum Gasteiger partial charge on any atom is 0.251 e. The minimum atomic E-state index is -3.01. The largest absolute Gasteiger partial charge is 0.346 e. The third kappa shape index (κ3) is 3.23. The van der Waals surface area contributed by atoms with Crippen molar-refractivity contribution < 1.29 is 13.2 Å². The minimum Gasteiger partial charge on any atom is -0.346 e. The van der Waals surface area contributed by atoms with Gasteiger partial charge in [0, 0.05) is 9.13 Å². The molecule has 1 aromatic carbocycles. The van der Waals surface area contributed by atoms with Crippen molar-refractivity contribution in [3.05, 3.63) is 33.4 Å². The minimum absolute atomic E-state index is 0.0235. The van der Waals surface area contributed by atoms with Crippen LogP contribution in [0.25, 0.3) is 0 Å². The van der Waals surface area contributed by atoms with Crippen LogP contribution in [-0.4, -0.2) is 31.4 Å². The van der Waals surface area contributed by atoms with Crippen molar-refractivity contribution in [3.63, 3.8) is 0 Å². The molecule has 1 fully saturated rings. The normalized spacial score (nSPS) is 25.9. The van der Waals surface area contributed by atoms with Crippen LogP contribution in [0.1, 0.15) is 23.7 Å². The zero-order valence-electron chi connectivity index (χ0n) is 9.94. The van der Waals surface area contributed by atoms with Gasteiger partial charge >= 0.3 is 0 Å². The Balaban J connectivity index is 2.13. The van der Waals surface area contributed by atoms with Crippen LogP contribution >= 0.6 is 22.6 Å². The van der Waals surface area contributed by atoms with Gasteiger partial charge in [-0.1, -0.05) is 6.07 Å². The average molecular weight is 379 g/mol. The lowest BCUT2D eigenvalue weighted by molar-refractivity contribution is 0.0915. The molecule has 0 bridgehead atoms. The molecule has 2 rings (SSSR count). The topological polar surface area (TPSA) is 63.2 Å². The maximum atomic E-state index is 12.1. The summed E-state index contributed by atoms with van der Waals surface area (Å²) in [4.78, 5) is 12.1. The third-order valence-electron chi connectivity index (χ3n) is 3.01. The molecule has 4 nitrogen and oxygen atoms in total. The smallest absolute Gasteiger partial charge is 0.251 e. The van der Waals surface area contributed by atoms with Crippen LogP contribution in [-0.2, 0) is 9.84 Å². The number of sulfone groups is 1. The van der Waals surface area contributed by atoms with Crippen molar-refractivity contribution >= 4 is 38.3 Å². The van der Waals surface area contributed by atoms with E-state index in [2.05, 4.69) is 27.9 Å². The van der Waals surface area contributed by atoms with E-state index in [4.69, 9.17) is 0 Å². The highest BCUT2D eigenvalue weighted by molar-refractivity contribution is 14.1. The monoisotopic (exact) mass is 379 g/mol. The number of hydrogen-bond acceptors (Lipinski definition) is 3. The summed E-state index contributed by atoms with van der Waals surface area (Å²) < 4.78 is 23.9. The van der Waals surface area contributed by atoms with Crippen LogP contribution in [0.15, 0.2) is 24.3 Å². The van der Waals surface area contributed by atoms with Gasteiger partial charge in [0.2, 0.25) is 0 Å². The van der Waals surface area contributed by atoms with Crippen LogP contribution in [0, 0.1) is 3.57 Å². The molecule has 1 aliphatic rings. The van der Waals surface area contributed by atoms with Gasteiger partial charge in [0.1, 0.15) is 0 Å². The van der Waals surface area contributed by atoms with E-state index in [1.54, 1.807) is 19.1 Å². The molecule has 1 aliphatic heterocycles. The van der Waals surface area contributed by atoms with E-state index in [1.807, 2.05) is 12.1 Å². The van der Waals surface area contributed by atoms with Gasteiger partial charge in [-0.25, -0.2) is 8.42 Å². The van der Waals surface area contributed by atoms with Crippen LogP contribution in [0.2, 0.25) is 0 Å². The lowest BCUT2D eigenvalue weighted by Gasteiger charge is -2.23. The highest BCUT2D eigenvalue weighted by Crippen LogP contribution is 2.23. The van der Waals surface area contributed by atoms with E-state index >= 15 is 0 Å². The fourth-order valence-electron chi connectivity index (χ4n) is 2.09. The van der Waals surface area contributed by atoms with Crippen LogP contribution < -0.4 is 5.32 Å². The molecular formula is C12H14INO3S. The number of hydrogen-bond donors (Lipinski definition) is 1. The molecule has 18 heavy (non-hydrogen) atoms. The molecule has 1 N–H and O–H groups in total. The predicted molar refractivity (Wildman–Crippen MR) is 78.3 cm³/mol. The Morgan fingerprint density at radius 3 is 2.72 bits per heavy atom. The summed E-state index contributed by atoms with van der Waals surface area (Å²) in [5.74, 6) is -0.0423. The van der Waals surface area contributed by atoms with Crippen molar-refractivity contribution in [3.8, 4) is 0 Å². The molecule has 6 heteroatoms. The van der Waals surface area contributed by atoms with Gasteiger partial charge in [0.25, 0.3) is 5.91 Å². The highest BCUT2D eigenvalue weighted by Gasteiger charge is 2.39. The second-order valence-electron chi connectivity index (χ2n) is 4.87. The van der Waals surface area contributed by atoms with E-state index in [1.165, 1.54) is 0 Å². The van der Waals surface area contributed by atoms with Gasteiger partial charge in [-0.3, -0.25) is 4.79 Å². The molecule has 0 aromatic heterocycles. The third-order valence-corrected chi connectivity index (χ3v) is 5.58. The Morgan fingerprint density at radius 2 is 2.17 bits per heavy atom. The molecule has 1 heterocycles. The molecule has 1 aromatic rings. The first-order valence-electron chi connectivity index (χ1n) is 5.58. The summed E-state index contributed by atoms with van der Waals surface area (Å²) in [6.07, 6.45) is 0.477. The number of amides is 1. The predicted octanol–water partition coefficient (Wildman–Crippen LogP) is 1.60. The number of rotatable bonds is 2. The fourth-order valence-corrected chi connectivity index (χ4v) is 4.72. The summed E-state index contributed by atoms with van der Waals surface area (Å²) in [7, 11) is -3.01. The van der Waals surface area contributed by atoms with Gasteiger partial charge in [-0.2, -0.15) is 0 Å². The van der Waals surface area contributed by atoms with Crippen molar-refractivity contribution in [1.82, 2.24) is 5.32 Å². The van der Waals surface area contributed by atoms with E-state index in [9.17, 15) is 13.2 Å². The van der Waals surface area contributed by atoms with Crippen molar-refractivity contribution in [2.75, 3.05) is 11.5 Å². The quantitative estimate of drug-likeness (QED) is 0.795. The maximum absolute atomic E-state index is 12.1. The lowest BCUT2D eigenvalue weighted by atomic mass is 10.0. The molecular weight excluding hydrogens is 365 g/mol. The van der Waals surface area contributed by atoms with Crippen molar-refractivity contribution in [2.45, 2.75) is 18.9 Å². The molecule has 1 saturated heterocycles. The van der Waals surface area contributed by atoms with Gasteiger partial charge in [-0.05, 0) is 54.1 Å². The summed E-state index contributed by atoms with van der Waals surface area (Å²) in [5, 5.41) is 2.83. The summed E-state index contributed by atoms with van der Waals surface area (Å²) in [5.41, 5.74) is -0.0792. The zero-order valence-corrected chi connectivity index (χ0v) is 12.9. The average Bonchev–Trinajstić information content (AvgIpc) is 2.52. The van der Waals surface area contributed by atoms with Gasteiger partial charge in [0.05, 0.1) is 17.0 Å². The molecule has 98 valence electrons. The van der Waals surface area contributed by atoms with Crippen LogP contribution in [0.5, 0.6) is 0 Å². The first kappa shape index (κ1) is 13.8. The summed E-state index contributed by atoms with van der Waals surface area (Å²) in [6.45, 7) is 1.78. The standard InChI is InChI=1S/C12H14INO3S/c1-12(5-6-18(16,17)8-12)14-11(15)9-3-2-4-10(13)7-9/h2-4,7H,5-6,8H2,1H3,(H,14,15)/t12-/m0/s1. The Labute approximate surface area is 120 Å². The molecule has 0 unspecified atom stereocenters. The molecule has 1 amide bonds. The number of nitrogens with one attached hydrogen (secondary N) is 1. The lowest BCUT2D eigenvalue weighted by Crippen LogP contribution is -2.46. The van der Waals surface area contributed by atoms with E-state index < -0.39 is 15.4 Å². The van der Waals surface area contributed by atoms with Crippen LogP contribution in [0.4, 0.5) is 0 Å². The second-order valence-corrected chi connectivity index (χ2v) is 8.30. The molecule has 0 radical (unpaired) electrons. The number of benzene rings is 1. The zero-order chi connectivity index (χ0) is 13.4. The number of carbonyl (C=O) groups excluding carboxylic acids is 1. The molecule has 0 aliphatic carbocycles. The van der Waals surface area contributed by atoms with E-state index in [0.29, 0.717) is 12.0 Å². The number of carbonyl (C=O) groups is 1. The van der Waals surface area contributed by atoms with E-state index in [0.717, 1.165) is 3.57 Å². The first-order chi connectivity index (χ1) is 8.30. The van der Waals surface area contributed by atoms with Gasteiger partial charge in [-0.15, -0.1) is 0 Å². The summed E-state index contributed by atoms with van der Waals surface area (Å²) >= 11 is 2.14. The van der Waals surface area contributed by atoms with E-state index in [-0.39, 0.29) is 17.4 Å². The Hall–Kier alpha value is -0.630. The SMILES string of the molecule is C[C@]1(NC(=O)c2cccc(I)c2)CCS(=O)(=O)C1. The van der Waals surface area contributed by atoms with Gasteiger partial charge in [0.15, 0.2) is 9.84 Å². The Bertz CT molecular complexity index is 585. The van der Waals surface area contributed by atoms with Crippen LogP contribution in [0.3, 0.4) is 0 Å². The summed E-state index contributed by atoms with van der Waals surface area (Å²) in [6, 6.07) is 7.22. The number of halogens is 1. The first-order valence-corrected chi connectivity index (χ1v) is 8.48. The Kier molecular flexibility index (Phi) is 3.68. The fraction of sp³-hybridized carbons (Fsp3) is 0.417. The molecule has 0 spiro atoms. The Morgan fingerprint density at radius 1 is 1.44 bits per heavy atom. The molecule has 1 atom stereocenters.